The maximum Gasteiger partial charge on any atom is 0.387 e. The van der Waals surface area contributed by atoms with E-state index in [9.17, 15) is 23.5 Å². The summed E-state index contributed by atoms with van der Waals surface area (Å²) in [6.07, 6.45) is 2.35. The van der Waals surface area contributed by atoms with Gasteiger partial charge in [0.15, 0.2) is 11.5 Å². The number of hydrogen-bond donors (Lipinski definition) is 1. The number of carbonyl (C=O) groups is 1. The van der Waals surface area contributed by atoms with Crippen LogP contribution >= 0.6 is 11.3 Å². The number of alkyl halides is 2. The Kier molecular flexibility index (Phi) is 5.02. The fourth-order valence-corrected chi connectivity index (χ4v) is 4.53. The largest absolute Gasteiger partial charge is 0.493 e. The van der Waals surface area contributed by atoms with Gasteiger partial charge in [0.05, 0.1) is 12.5 Å². The topological polar surface area (TPSA) is 90.7 Å². The molecule has 1 aliphatic rings. The summed E-state index contributed by atoms with van der Waals surface area (Å²) in [6.45, 7) is -0.933. The fourth-order valence-electron chi connectivity index (χ4n) is 3.52. The maximum absolute atomic E-state index is 12.9. The molecule has 0 saturated carbocycles. The second kappa shape index (κ2) is 7.52. The molecule has 0 spiro atoms. The molecule has 0 saturated heterocycles. The van der Waals surface area contributed by atoms with Gasteiger partial charge in [-0.1, -0.05) is 6.07 Å². The van der Waals surface area contributed by atoms with Crippen LogP contribution in [-0.4, -0.2) is 34.3 Å². The van der Waals surface area contributed by atoms with Crippen LogP contribution in [0.4, 0.5) is 8.78 Å². The molecule has 1 N–H and O–H groups in total. The van der Waals surface area contributed by atoms with Gasteiger partial charge in [-0.2, -0.15) is 8.78 Å². The van der Waals surface area contributed by atoms with Crippen LogP contribution in [0.5, 0.6) is 11.5 Å². The van der Waals surface area contributed by atoms with E-state index in [0.29, 0.717) is 40.1 Å². The number of carboxylic acid groups (broad SMARTS) is 1. The van der Waals surface area contributed by atoms with Crippen molar-refractivity contribution >= 4 is 39.2 Å². The van der Waals surface area contributed by atoms with Crippen molar-refractivity contribution in [3.63, 3.8) is 0 Å². The Bertz CT molecular complexity index is 1260. The van der Waals surface area contributed by atoms with Crippen molar-refractivity contribution in [3.8, 4) is 11.5 Å². The zero-order valence-electron chi connectivity index (χ0n) is 15.9. The Morgan fingerprint density at radius 3 is 2.80 bits per heavy atom. The smallest absolute Gasteiger partial charge is 0.387 e. The van der Waals surface area contributed by atoms with Crippen LogP contribution in [-0.2, 0) is 6.54 Å². The Labute approximate surface area is 172 Å². The molecule has 7 nitrogen and oxygen atoms in total. The Morgan fingerprint density at radius 2 is 2.13 bits per heavy atom. The number of fused-ring (bicyclic) bond motifs is 2. The number of thiophene rings is 1. The van der Waals surface area contributed by atoms with Gasteiger partial charge in [0.1, 0.15) is 15.5 Å². The normalized spacial score (nSPS) is 14.5. The molecule has 30 heavy (non-hydrogen) atoms. The molecular weight excluding hydrogens is 418 g/mol. The van der Waals surface area contributed by atoms with Crippen LogP contribution in [0.2, 0.25) is 0 Å². The number of allylic oxidation sites excluding steroid dienone is 1. The first kappa shape index (κ1) is 20.0. The Hall–Kier alpha value is -3.27. The molecule has 10 heteroatoms. The minimum Gasteiger partial charge on any atom is -0.493 e. The number of methoxy groups -OCH3 is 1. The lowest BCUT2D eigenvalue weighted by molar-refractivity contribution is -0.0512. The summed E-state index contributed by atoms with van der Waals surface area (Å²) in [5.41, 5.74) is 1.60. The molecule has 0 unspecified atom stereocenters. The molecule has 1 aromatic carbocycles. The highest BCUT2D eigenvalue weighted by Crippen LogP contribution is 2.34. The highest BCUT2D eigenvalue weighted by molar-refractivity contribution is 7.20. The number of ether oxygens (including phenoxy) is 2. The zero-order chi connectivity index (χ0) is 21.6. The lowest BCUT2D eigenvalue weighted by Gasteiger charge is -2.10. The summed E-state index contributed by atoms with van der Waals surface area (Å²) >= 11 is 0.975. The molecule has 156 valence electrons. The quantitative estimate of drug-likeness (QED) is 0.652. The molecule has 3 aromatic rings. The lowest BCUT2D eigenvalue weighted by atomic mass is 10.1. The molecule has 1 aliphatic heterocycles. The lowest BCUT2D eigenvalue weighted by Crippen LogP contribution is -2.20. The van der Waals surface area contributed by atoms with Gasteiger partial charge in [-0.25, -0.2) is 9.78 Å². The van der Waals surface area contributed by atoms with E-state index in [1.165, 1.54) is 17.7 Å². The van der Waals surface area contributed by atoms with Gasteiger partial charge >= 0.3 is 12.6 Å². The molecule has 2 aromatic heterocycles. The van der Waals surface area contributed by atoms with Gasteiger partial charge in [0, 0.05) is 6.54 Å². The number of rotatable bonds is 5. The second-order valence-corrected chi connectivity index (χ2v) is 7.64. The van der Waals surface area contributed by atoms with E-state index in [1.807, 2.05) is 0 Å². The molecule has 0 amide bonds. The summed E-state index contributed by atoms with van der Waals surface area (Å²) < 4.78 is 36.1. The van der Waals surface area contributed by atoms with Crippen LogP contribution in [0.15, 0.2) is 23.0 Å². The van der Waals surface area contributed by atoms with Gasteiger partial charge in [-0.15, -0.1) is 11.3 Å². The van der Waals surface area contributed by atoms with E-state index in [-0.39, 0.29) is 21.9 Å². The predicted octanol–water partition coefficient (Wildman–Crippen LogP) is 4.02. The van der Waals surface area contributed by atoms with E-state index in [0.717, 1.165) is 16.9 Å². The van der Waals surface area contributed by atoms with Crippen molar-refractivity contribution in [3.05, 3.63) is 50.4 Å². The number of aromatic carboxylic acids is 1. The minimum atomic E-state index is -2.96. The van der Waals surface area contributed by atoms with E-state index in [2.05, 4.69) is 9.72 Å². The number of benzene rings is 1. The molecule has 4 rings (SSSR count). The van der Waals surface area contributed by atoms with Crippen LogP contribution in [0.25, 0.3) is 21.9 Å². The van der Waals surface area contributed by atoms with Gasteiger partial charge < -0.3 is 14.6 Å². The highest BCUT2D eigenvalue weighted by Gasteiger charge is 2.25. The van der Waals surface area contributed by atoms with Crippen molar-refractivity contribution in [1.82, 2.24) is 9.55 Å². The van der Waals surface area contributed by atoms with Crippen LogP contribution in [0.1, 0.15) is 33.0 Å². The van der Waals surface area contributed by atoms with Gasteiger partial charge in [0.2, 0.25) is 0 Å². The van der Waals surface area contributed by atoms with Crippen LogP contribution in [0, 0.1) is 6.92 Å². The second-order valence-electron chi connectivity index (χ2n) is 6.64. The van der Waals surface area contributed by atoms with E-state index in [4.69, 9.17) is 4.74 Å². The highest BCUT2D eigenvalue weighted by atomic mass is 32.1. The van der Waals surface area contributed by atoms with Crippen molar-refractivity contribution < 1.29 is 28.2 Å². The molecule has 0 bridgehead atoms. The van der Waals surface area contributed by atoms with Crippen molar-refractivity contribution in [2.24, 2.45) is 0 Å². The first-order chi connectivity index (χ1) is 14.3. The molecule has 0 atom stereocenters. The Morgan fingerprint density at radius 1 is 1.37 bits per heavy atom. The van der Waals surface area contributed by atoms with Gasteiger partial charge in [0.25, 0.3) is 5.56 Å². The maximum atomic E-state index is 12.9. The summed E-state index contributed by atoms with van der Waals surface area (Å²) in [5.74, 6) is -0.539. The third-order valence-electron chi connectivity index (χ3n) is 4.88. The van der Waals surface area contributed by atoms with E-state index >= 15 is 0 Å². The standard InChI is InChI=1S/C20H16F2N2O5S/c1-9-14-17(30-15(9)19(26)27)23-16-11(5-6-24(16)18(14)25)7-10-3-4-12(29-20(21)22)13(8-10)28-2/h3-4,7-8,20H,5-6H2,1-2H3,(H,26,27)/b11-7+. The SMILES string of the molecule is COc1cc(/C=C2\CCn3c2nc2sc(C(=O)O)c(C)c2c3=O)ccc1OC(F)F. The van der Waals surface area contributed by atoms with Gasteiger partial charge in [-0.3, -0.25) is 9.36 Å². The fraction of sp³-hybridized carbons (Fsp3) is 0.250. The number of nitrogens with zero attached hydrogens (tertiary/aromatic N) is 2. The average Bonchev–Trinajstić information content (AvgIpc) is 3.24. The van der Waals surface area contributed by atoms with Gasteiger partial charge in [-0.05, 0) is 48.3 Å². The number of hydrogen-bond acceptors (Lipinski definition) is 6. The first-order valence-corrected chi connectivity index (χ1v) is 9.72. The first-order valence-electron chi connectivity index (χ1n) is 8.91. The number of halogens is 2. The monoisotopic (exact) mass is 434 g/mol. The van der Waals surface area contributed by atoms with E-state index in [1.54, 1.807) is 25.1 Å². The third kappa shape index (κ3) is 3.32. The number of aryl methyl sites for hydroxylation is 1. The predicted molar refractivity (Wildman–Crippen MR) is 108 cm³/mol. The van der Waals surface area contributed by atoms with Crippen molar-refractivity contribution in [2.45, 2.75) is 26.5 Å². The van der Waals surface area contributed by atoms with Crippen LogP contribution in [0.3, 0.4) is 0 Å². The summed E-state index contributed by atoms with van der Waals surface area (Å²) in [6, 6.07) is 4.55. The average molecular weight is 434 g/mol. The van der Waals surface area contributed by atoms with Crippen molar-refractivity contribution in [1.29, 1.82) is 0 Å². The zero-order valence-corrected chi connectivity index (χ0v) is 16.8. The molecular formula is C20H16F2N2O5S. The van der Waals surface area contributed by atoms with Crippen LogP contribution < -0.4 is 15.0 Å². The number of aromatic nitrogens is 2. The third-order valence-corrected chi connectivity index (χ3v) is 6.05. The molecule has 3 heterocycles. The number of carboxylic acids is 1. The molecule has 0 fully saturated rings. The van der Waals surface area contributed by atoms with E-state index < -0.39 is 12.6 Å². The molecule has 0 aliphatic carbocycles. The van der Waals surface area contributed by atoms with Crippen molar-refractivity contribution in [2.75, 3.05) is 7.11 Å². The summed E-state index contributed by atoms with van der Waals surface area (Å²) in [5, 5.41) is 9.67. The Balaban J connectivity index is 1.79. The molecule has 0 radical (unpaired) electrons. The summed E-state index contributed by atoms with van der Waals surface area (Å²) in [7, 11) is 1.35. The minimum absolute atomic E-state index is 0.0761. The summed E-state index contributed by atoms with van der Waals surface area (Å²) in [4.78, 5) is 29.4.